The van der Waals surface area contributed by atoms with Crippen LogP contribution in [0.1, 0.15) is 20.8 Å². The molecular formula is C10H20N2O3. The number of rotatable bonds is 6. The molecule has 0 saturated heterocycles. The van der Waals surface area contributed by atoms with E-state index in [1.807, 2.05) is 13.8 Å². The molecule has 0 aromatic carbocycles. The van der Waals surface area contributed by atoms with E-state index in [1.165, 1.54) is 7.11 Å². The van der Waals surface area contributed by atoms with E-state index in [0.29, 0.717) is 12.5 Å². The van der Waals surface area contributed by atoms with E-state index in [2.05, 4.69) is 15.4 Å². The lowest BCUT2D eigenvalue weighted by Gasteiger charge is -2.14. The van der Waals surface area contributed by atoms with Crippen LogP contribution in [0.3, 0.4) is 0 Å². The third-order valence-corrected chi connectivity index (χ3v) is 1.73. The summed E-state index contributed by atoms with van der Waals surface area (Å²) in [5, 5.41) is 5.26. The summed E-state index contributed by atoms with van der Waals surface area (Å²) in [5.41, 5.74) is 0. The van der Waals surface area contributed by atoms with Crippen molar-refractivity contribution in [2.45, 2.75) is 26.8 Å². The van der Waals surface area contributed by atoms with E-state index in [1.54, 1.807) is 6.92 Å². The van der Waals surface area contributed by atoms with Crippen molar-refractivity contribution in [1.29, 1.82) is 0 Å². The summed E-state index contributed by atoms with van der Waals surface area (Å²) in [4.78, 5) is 22.5. The number of hydrogen-bond donors (Lipinski definition) is 2. The highest BCUT2D eigenvalue weighted by Gasteiger charge is 2.14. The molecule has 5 heteroatoms. The number of carbonyl (C=O) groups is 2. The van der Waals surface area contributed by atoms with Crippen LogP contribution in [0.15, 0.2) is 0 Å². The lowest BCUT2D eigenvalue weighted by atomic mass is 10.2. The van der Waals surface area contributed by atoms with Gasteiger partial charge in [-0.1, -0.05) is 13.8 Å². The smallest absolute Gasteiger partial charge is 0.246 e. The zero-order chi connectivity index (χ0) is 11.8. The minimum absolute atomic E-state index is 0.0260. The molecule has 0 rings (SSSR count). The van der Waals surface area contributed by atoms with Crippen LogP contribution in [0.5, 0.6) is 0 Å². The predicted molar refractivity (Wildman–Crippen MR) is 57.3 cm³/mol. The second-order valence-corrected chi connectivity index (χ2v) is 3.86. The summed E-state index contributed by atoms with van der Waals surface area (Å²) in [7, 11) is 1.43. The topological polar surface area (TPSA) is 67.4 Å². The Kier molecular flexibility index (Phi) is 6.70. The van der Waals surface area contributed by atoms with Crippen molar-refractivity contribution in [3.63, 3.8) is 0 Å². The summed E-state index contributed by atoms with van der Waals surface area (Å²) in [6.07, 6.45) is 0. The number of ether oxygens (including phenoxy) is 1. The number of methoxy groups -OCH3 is 1. The van der Waals surface area contributed by atoms with Gasteiger partial charge >= 0.3 is 0 Å². The summed E-state index contributed by atoms with van der Waals surface area (Å²) in [5.74, 6) is -0.0614. The van der Waals surface area contributed by atoms with Crippen LogP contribution in [0.25, 0.3) is 0 Å². The first-order chi connectivity index (χ1) is 6.97. The fourth-order valence-electron chi connectivity index (χ4n) is 0.938. The van der Waals surface area contributed by atoms with Gasteiger partial charge in [0, 0.05) is 13.7 Å². The minimum Gasteiger partial charge on any atom is -0.375 e. The van der Waals surface area contributed by atoms with E-state index in [4.69, 9.17) is 0 Å². The van der Waals surface area contributed by atoms with Crippen LogP contribution in [-0.4, -0.2) is 38.1 Å². The van der Waals surface area contributed by atoms with Crippen molar-refractivity contribution in [2.24, 2.45) is 5.92 Å². The van der Waals surface area contributed by atoms with Crippen molar-refractivity contribution in [1.82, 2.24) is 10.6 Å². The molecule has 0 aromatic heterocycles. The summed E-state index contributed by atoms with van der Waals surface area (Å²) < 4.78 is 4.64. The van der Waals surface area contributed by atoms with Gasteiger partial charge in [0.25, 0.3) is 0 Å². The second kappa shape index (κ2) is 7.23. The van der Waals surface area contributed by atoms with E-state index in [0.717, 1.165) is 0 Å². The maximum absolute atomic E-state index is 11.4. The van der Waals surface area contributed by atoms with Crippen molar-refractivity contribution in [2.75, 3.05) is 20.3 Å². The van der Waals surface area contributed by atoms with Crippen molar-refractivity contribution in [3.8, 4) is 0 Å². The summed E-state index contributed by atoms with van der Waals surface area (Å²) in [6, 6.07) is -0.522. The SMILES string of the molecule is COCC(=O)NC(C)C(=O)NCC(C)C. The number of amides is 2. The van der Waals surface area contributed by atoms with Crippen LogP contribution in [0.4, 0.5) is 0 Å². The van der Waals surface area contributed by atoms with Crippen LogP contribution in [-0.2, 0) is 14.3 Å². The summed E-state index contributed by atoms with van der Waals surface area (Å²) in [6.45, 7) is 6.25. The van der Waals surface area contributed by atoms with Crippen LogP contribution in [0.2, 0.25) is 0 Å². The second-order valence-electron chi connectivity index (χ2n) is 3.86. The standard InChI is InChI=1S/C10H20N2O3/c1-7(2)5-11-10(14)8(3)12-9(13)6-15-4/h7-8H,5-6H2,1-4H3,(H,11,14)(H,12,13). The Labute approximate surface area is 90.6 Å². The van der Waals surface area contributed by atoms with Gasteiger partial charge in [-0.2, -0.15) is 0 Å². The molecular weight excluding hydrogens is 196 g/mol. The maximum atomic E-state index is 11.4. The van der Waals surface area contributed by atoms with Gasteiger partial charge in [-0.15, -0.1) is 0 Å². The van der Waals surface area contributed by atoms with Gasteiger partial charge in [-0.25, -0.2) is 0 Å². The normalized spacial score (nSPS) is 12.3. The Bertz CT molecular complexity index is 217. The first kappa shape index (κ1) is 13.9. The van der Waals surface area contributed by atoms with Crippen molar-refractivity contribution in [3.05, 3.63) is 0 Å². The highest BCUT2D eigenvalue weighted by atomic mass is 16.5. The van der Waals surface area contributed by atoms with Gasteiger partial charge in [0.15, 0.2) is 0 Å². The summed E-state index contributed by atoms with van der Waals surface area (Å²) >= 11 is 0. The van der Waals surface area contributed by atoms with Crippen molar-refractivity contribution < 1.29 is 14.3 Å². The van der Waals surface area contributed by atoms with Crippen LogP contribution < -0.4 is 10.6 Å². The highest BCUT2D eigenvalue weighted by molar-refractivity contribution is 5.87. The third kappa shape index (κ3) is 6.90. The molecule has 0 aliphatic heterocycles. The van der Waals surface area contributed by atoms with E-state index < -0.39 is 6.04 Å². The first-order valence-corrected chi connectivity index (χ1v) is 5.03. The average Bonchev–Trinajstić information content (AvgIpc) is 2.14. The van der Waals surface area contributed by atoms with Crippen molar-refractivity contribution >= 4 is 11.8 Å². The molecule has 2 N–H and O–H groups in total. The highest BCUT2D eigenvalue weighted by Crippen LogP contribution is 1.89. The average molecular weight is 216 g/mol. The van der Waals surface area contributed by atoms with Crippen LogP contribution in [0, 0.1) is 5.92 Å². The van der Waals surface area contributed by atoms with Crippen LogP contribution >= 0.6 is 0 Å². The molecule has 0 aliphatic rings. The molecule has 1 unspecified atom stereocenters. The zero-order valence-corrected chi connectivity index (χ0v) is 9.79. The molecule has 0 heterocycles. The molecule has 15 heavy (non-hydrogen) atoms. The van der Waals surface area contributed by atoms with Gasteiger partial charge in [0.1, 0.15) is 12.6 Å². The molecule has 1 atom stereocenters. The number of hydrogen-bond acceptors (Lipinski definition) is 3. The molecule has 0 bridgehead atoms. The molecule has 0 saturated carbocycles. The molecule has 0 radical (unpaired) electrons. The Morgan fingerprint density at radius 1 is 1.27 bits per heavy atom. The monoisotopic (exact) mass is 216 g/mol. The maximum Gasteiger partial charge on any atom is 0.246 e. The minimum atomic E-state index is -0.522. The molecule has 0 aliphatic carbocycles. The lowest BCUT2D eigenvalue weighted by molar-refractivity contribution is -0.130. The van der Waals surface area contributed by atoms with Gasteiger partial charge in [0.05, 0.1) is 0 Å². The van der Waals surface area contributed by atoms with Gasteiger partial charge in [-0.05, 0) is 12.8 Å². The van der Waals surface area contributed by atoms with E-state index in [-0.39, 0.29) is 18.4 Å². The zero-order valence-electron chi connectivity index (χ0n) is 9.79. The largest absolute Gasteiger partial charge is 0.375 e. The molecule has 5 nitrogen and oxygen atoms in total. The molecule has 88 valence electrons. The van der Waals surface area contributed by atoms with Gasteiger partial charge < -0.3 is 15.4 Å². The number of carbonyl (C=O) groups excluding carboxylic acids is 2. The molecule has 0 aromatic rings. The fraction of sp³-hybridized carbons (Fsp3) is 0.800. The third-order valence-electron chi connectivity index (χ3n) is 1.73. The molecule has 2 amide bonds. The van der Waals surface area contributed by atoms with E-state index >= 15 is 0 Å². The van der Waals surface area contributed by atoms with E-state index in [9.17, 15) is 9.59 Å². The first-order valence-electron chi connectivity index (χ1n) is 5.03. The molecule has 0 fully saturated rings. The van der Waals surface area contributed by atoms with Gasteiger partial charge in [-0.3, -0.25) is 9.59 Å². The predicted octanol–water partition coefficient (Wildman–Crippen LogP) is -0.0903. The number of nitrogens with one attached hydrogen (secondary N) is 2. The Morgan fingerprint density at radius 2 is 1.87 bits per heavy atom. The lowest BCUT2D eigenvalue weighted by Crippen LogP contribution is -2.46. The molecule has 0 spiro atoms. The van der Waals surface area contributed by atoms with Gasteiger partial charge in [0.2, 0.25) is 11.8 Å². The Balaban J connectivity index is 3.83. The fourth-order valence-corrected chi connectivity index (χ4v) is 0.938. The Hall–Kier alpha value is -1.10. The Morgan fingerprint density at radius 3 is 2.33 bits per heavy atom. The quantitative estimate of drug-likeness (QED) is 0.652.